The molecule has 0 fully saturated rings. The van der Waals surface area contributed by atoms with Crippen LogP contribution in [-0.2, 0) is 5.33 Å². The topological polar surface area (TPSA) is 26.0 Å². The van der Waals surface area contributed by atoms with Gasteiger partial charge in [-0.2, -0.15) is 0 Å². The summed E-state index contributed by atoms with van der Waals surface area (Å²) in [5.41, 5.74) is 8.20. The Morgan fingerprint density at radius 1 is 1.54 bits per heavy atom. The fourth-order valence-electron chi connectivity index (χ4n) is 1.30. The smallest absolute Gasteiger partial charge is 0.0631 e. The number of thiophene rings is 1. The SMILES string of the molecule is Nc1c(I)cc(CBr)c2ccsc12. The second-order valence-electron chi connectivity index (χ2n) is 2.73. The highest BCUT2D eigenvalue weighted by Gasteiger charge is 2.07. The molecule has 1 aromatic heterocycles. The summed E-state index contributed by atoms with van der Waals surface area (Å²) in [6.45, 7) is 0. The van der Waals surface area contributed by atoms with Crippen molar-refractivity contribution in [2.24, 2.45) is 0 Å². The zero-order chi connectivity index (χ0) is 9.42. The summed E-state index contributed by atoms with van der Waals surface area (Å²) in [4.78, 5) is 0. The van der Waals surface area contributed by atoms with Gasteiger partial charge in [0.05, 0.1) is 10.4 Å². The third kappa shape index (κ3) is 1.59. The molecule has 2 N–H and O–H groups in total. The van der Waals surface area contributed by atoms with Crippen molar-refractivity contribution in [2.75, 3.05) is 5.73 Å². The molecule has 13 heavy (non-hydrogen) atoms. The van der Waals surface area contributed by atoms with E-state index < -0.39 is 0 Å². The van der Waals surface area contributed by atoms with Gasteiger partial charge in [-0.15, -0.1) is 11.3 Å². The predicted octanol–water partition coefficient (Wildman–Crippen LogP) is 3.98. The Morgan fingerprint density at radius 3 is 3.00 bits per heavy atom. The fourth-order valence-corrected chi connectivity index (χ4v) is 3.49. The number of hydrogen-bond acceptors (Lipinski definition) is 2. The lowest BCUT2D eigenvalue weighted by Gasteiger charge is -2.04. The third-order valence-electron chi connectivity index (χ3n) is 1.96. The van der Waals surface area contributed by atoms with Crippen LogP contribution in [0.15, 0.2) is 17.5 Å². The van der Waals surface area contributed by atoms with Crippen molar-refractivity contribution >= 4 is 65.6 Å². The quantitative estimate of drug-likeness (QED) is 0.460. The van der Waals surface area contributed by atoms with E-state index in [4.69, 9.17) is 5.73 Å². The van der Waals surface area contributed by atoms with Gasteiger partial charge in [0.2, 0.25) is 0 Å². The number of halogens is 2. The molecule has 0 spiro atoms. The van der Waals surface area contributed by atoms with Crippen molar-refractivity contribution in [1.82, 2.24) is 0 Å². The molecule has 0 aliphatic rings. The van der Waals surface area contributed by atoms with Crippen LogP contribution in [0.5, 0.6) is 0 Å². The van der Waals surface area contributed by atoms with Gasteiger partial charge in [0.15, 0.2) is 0 Å². The summed E-state index contributed by atoms with van der Waals surface area (Å²) in [5.74, 6) is 0. The number of nitrogen functional groups attached to an aromatic ring is 1. The van der Waals surface area contributed by atoms with Gasteiger partial charge in [0.25, 0.3) is 0 Å². The van der Waals surface area contributed by atoms with Gasteiger partial charge in [-0.3, -0.25) is 0 Å². The number of rotatable bonds is 1. The number of nitrogens with two attached hydrogens (primary N) is 1. The summed E-state index contributed by atoms with van der Waals surface area (Å²) in [6.07, 6.45) is 0. The molecule has 2 aromatic rings. The average Bonchev–Trinajstić information content (AvgIpc) is 2.60. The Morgan fingerprint density at radius 2 is 2.31 bits per heavy atom. The molecule has 1 nitrogen and oxygen atoms in total. The average molecular weight is 368 g/mol. The van der Waals surface area contributed by atoms with Crippen molar-refractivity contribution in [3.05, 3.63) is 26.6 Å². The molecular formula is C9H7BrINS. The van der Waals surface area contributed by atoms with Crippen molar-refractivity contribution in [3.8, 4) is 0 Å². The van der Waals surface area contributed by atoms with E-state index in [9.17, 15) is 0 Å². The highest BCUT2D eigenvalue weighted by atomic mass is 127. The maximum Gasteiger partial charge on any atom is 0.0631 e. The van der Waals surface area contributed by atoms with Gasteiger partial charge < -0.3 is 5.73 Å². The Labute approximate surface area is 103 Å². The number of anilines is 1. The number of alkyl halides is 1. The summed E-state index contributed by atoms with van der Waals surface area (Å²) in [6, 6.07) is 4.27. The standard InChI is InChI=1S/C9H7BrINS/c10-4-5-3-7(11)8(12)9-6(5)1-2-13-9/h1-3H,4,12H2. The highest BCUT2D eigenvalue weighted by Crippen LogP contribution is 2.34. The molecule has 0 atom stereocenters. The number of benzene rings is 1. The van der Waals surface area contributed by atoms with Gasteiger partial charge in [-0.1, -0.05) is 15.9 Å². The minimum absolute atomic E-state index is 0.885. The molecule has 68 valence electrons. The van der Waals surface area contributed by atoms with E-state index in [0.29, 0.717) is 0 Å². The molecule has 1 heterocycles. The first-order chi connectivity index (χ1) is 6.24. The molecule has 0 aliphatic carbocycles. The zero-order valence-corrected chi connectivity index (χ0v) is 11.2. The summed E-state index contributed by atoms with van der Waals surface area (Å²) >= 11 is 7.47. The van der Waals surface area contributed by atoms with Crippen LogP contribution in [0.3, 0.4) is 0 Å². The zero-order valence-electron chi connectivity index (χ0n) is 6.68. The molecule has 0 saturated carbocycles. The molecule has 1 aromatic carbocycles. The van der Waals surface area contributed by atoms with Gasteiger partial charge in [0.1, 0.15) is 0 Å². The lowest BCUT2D eigenvalue weighted by atomic mass is 10.1. The Hall–Kier alpha value is 0.190. The van der Waals surface area contributed by atoms with Crippen molar-refractivity contribution < 1.29 is 0 Å². The number of hydrogen-bond donors (Lipinski definition) is 1. The van der Waals surface area contributed by atoms with Crippen molar-refractivity contribution in [3.63, 3.8) is 0 Å². The maximum absolute atomic E-state index is 5.97. The molecule has 0 amide bonds. The maximum atomic E-state index is 5.97. The van der Waals surface area contributed by atoms with Crippen LogP contribution in [0, 0.1) is 3.57 Å². The minimum Gasteiger partial charge on any atom is -0.397 e. The summed E-state index contributed by atoms with van der Waals surface area (Å²) in [5, 5.41) is 4.25. The largest absolute Gasteiger partial charge is 0.397 e. The van der Waals surface area contributed by atoms with Crippen LogP contribution in [0.4, 0.5) is 5.69 Å². The Kier molecular flexibility index (Phi) is 2.80. The highest BCUT2D eigenvalue weighted by molar-refractivity contribution is 14.1. The first-order valence-electron chi connectivity index (χ1n) is 3.74. The second kappa shape index (κ2) is 3.74. The van der Waals surface area contributed by atoms with E-state index in [-0.39, 0.29) is 0 Å². The van der Waals surface area contributed by atoms with Crippen LogP contribution in [-0.4, -0.2) is 0 Å². The van der Waals surface area contributed by atoms with Crippen LogP contribution >= 0.6 is 49.9 Å². The predicted molar refractivity (Wildman–Crippen MR) is 71.6 cm³/mol. The first-order valence-corrected chi connectivity index (χ1v) is 6.82. The van der Waals surface area contributed by atoms with E-state index in [2.05, 4.69) is 56.0 Å². The van der Waals surface area contributed by atoms with E-state index in [1.54, 1.807) is 11.3 Å². The van der Waals surface area contributed by atoms with Gasteiger partial charge >= 0.3 is 0 Å². The first kappa shape index (κ1) is 9.73. The fraction of sp³-hybridized carbons (Fsp3) is 0.111. The lowest BCUT2D eigenvalue weighted by Crippen LogP contribution is -1.91. The normalized spacial score (nSPS) is 10.9. The molecule has 0 radical (unpaired) electrons. The summed E-state index contributed by atoms with van der Waals surface area (Å²) in [7, 11) is 0. The molecule has 0 aliphatic heterocycles. The second-order valence-corrected chi connectivity index (χ2v) is 5.37. The van der Waals surface area contributed by atoms with Crippen LogP contribution in [0.25, 0.3) is 10.1 Å². The molecule has 0 bridgehead atoms. The van der Waals surface area contributed by atoms with E-state index in [1.807, 2.05) is 0 Å². The van der Waals surface area contributed by atoms with E-state index in [0.717, 1.165) is 14.6 Å². The van der Waals surface area contributed by atoms with E-state index >= 15 is 0 Å². The minimum atomic E-state index is 0.885. The van der Waals surface area contributed by atoms with Gasteiger partial charge in [-0.25, -0.2) is 0 Å². The van der Waals surface area contributed by atoms with Gasteiger partial charge in [-0.05, 0) is 51.1 Å². The Balaban J connectivity index is 2.87. The molecule has 4 heteroatoms. The Bertz CT molecular complexity index is 452. The van der Waals surface area contributed by atoms with Crippen molar-refractivity contribution in [2.45, 2.75) is 5.33 Å². The third-order valence-corrected chi connectivity index (χ3v) is 4.40. The van der Waals surface area contributed by atoms with E-state index in [1.165, 1.54) is 15.6 Å². The van der Waals surface area contributed by atoms with Crippen LogP contribution in [0.1, 0.15) is 5.56 Å². The van der Waals surface area contributed by atoms with Crippen LogP contribution < -0.4 is 5.73 Å². The van der Waals surface area contributed by atoms with Crippen molar-refractivity contribution in [1.29, 1.82) is 0 Å². The summed E-state index contributed by atoms with van der Waals surface area (Å²) < 4.78 is 2.35. The lowest BCUT2D eigenvalue weighted by molar-refractivity contribution is 1.48. The molecule has 0 unspecified atom stereocenters. The number of fused-ring (bicyclic) bond motifs is 1. The van der Waals surface area contributed by atoms with Crippen LogP contribution in [0.2, 0.25) is 0 Å². The molecular weight excluding hydrogens is 361 g/mol. The van der Waals surface area contributed by atoms with Gasteiger partial charge in [0, 0.05) is 8.90 Å². The monoisotopic (exact) mass is 367 g/mol. The molecule has 2 rings (SSSR count). The molecule has 0 saturated heterocycles.